The van der Waals surface area contributed by atoms with Gasteiger partial charge in [-0.1, -0.05) is 12.8 Å². The first kappa shape index (κ1) is 15.2. The Hall–Kier alpha value is 0.160. The van der Waals surface area contributed by atoms with Gasteiger partial charge in [-0.15, -0.1) is 11.6 Å². The Morgan fingerprint density at radius 2 is 1.76 bits per heavy atom. The van der Waals surface area contributed by atoms with E-state index in [0.29, 0.717) is 26.1 Å². The quantitative estimate of drug-likeness (QED) is 0.724. The second-order valence-electron chi connectivity index (χ2n) is 4.71. The standard InChI is InChI=1S/C11H23ClN2O2S/c1-11(12)7-10-13(2)17(15,16)14-8-5-3-4-6-9-14/h11H,3-10H2,1-2H3. The van der Waals surface area contributed by atoms with Gasteiger partial charge in [-0.3, -0.25) is 0 Å². The molecule has 0 bridgehead atoms. The van der Waals surface area contributed by atoms with E-state index in [1.54, 1.807) is 11.4 Å². The minimum Gasteiger partial charge on any atom is -0.195 e. The molecule has 0 aromatic carbocycles. The van der Waals surface area contributed by atoms with Gasteiger partial charge in [-0.25, -0.2) is 0 Å². The average molecular weight is 283 g/mol. The second kappa shape index (κ2) is 6.92. The fourth-order valence-electron chi connectivity index (χ4n) is 1.94. The maximum atomic E-state index is 12.3. The van der Waals surface area contributed by atoms with Gasteiger partial charge in [0, 0.05) is 32.1 Å². The van der Waals surface area contributed by atoms with Crippen molar-refractivity contribution in [3.63, 3.8) is 0 Å². The highest BCUT2D eigenvalue weighted by atomic mass is 35.5. The molecule has 102 valence electrons. The highest BCUT2D eigenvalue weighted by molar-refractivity contribution is 7.86. The monoisotopic (exact) mass is 282 g/mol. The van der Waals surface area contributed by atoms with E-state index in [9.17, 15) is 8.42 Å². The first-order chi connectivity index (χ1) is 7.94. The first-order valence-electron chi connectivity index (χ1n) is 6.30. The van der Waals surface area contributed by atoms with Crippen molar-refractivity contribution in [2.45, 2.75) is 44.4 Å². The molecule has 1 unspecified atom stereocenters. The summed E-state index contributed by atoms with van der Waals surface area (Å²) in [5.74, 6) is 0. The highest BCUT2D eigenvalue weighted by Crippen LogP contribution is 2.16. The third-order valence-corrected chi connectivity index (χ3v) is 5.33. The third-order valence-electron chi connectivity index (χ3n) is 3.13. The lowest BCUT2D eigenvalue weighted by Gasteiger charge is -2.26. The van der Waals surface area contributed by atoms with Gasteiger partial charge in [0.1, 0.15) is 0 Å². The highest BCUT2D eigenvalue weighted by Gasteiger charge is 2.27. The second-order valence-corrected chi connectivity index (χ2v) is 7.49. The fraction of sp³-hybridized carbons (Fsp3) is 1.00. The molecule has 1 rings (SSSR count). The van der Waals surface area contributed by atoms with Gasteiger partial charge in [0.15, 0.2) is 0 Å². The SMILES string of the molecule is CC(Cl)CCN(C)S(=O)(=O)N1CCCCCC1. The molecule has 0 spiro atoms. The van der Waals surface area contributed by atoms with E-state index in [1.807, 2.05) is 6.92 Å². The van der Waals surface area contributed by atoms with Crippen LogP contribution in [0.1, 0.15) is 39.0 Å². The topological polar surface area (TPSA) is 40.6 Å². The van der Waals surface area contributed by atoms with E-state index in [4.69, 9.17) is 11.6 Å². The van der Waals surface area contributed by atoms with Crippen LogP contribution in [0.15, 0.2) is 0 Å². The zero-order valence-electron chi connectivity index (χ0n) is 10.7. The molecule has 1 fully saturated rings. The van der Waals surface area contributed by atoms with Crippen LogP contribution in [-0.2, 0) is 10.2 Å². The van der Waals surface area contributed by atoms with Gasteiger partial charge < -0.3 is 0 Å². The third kappa shape index (κ3) is 4.73. The van der Waals surface area contributed by atoms with Crippen LogP contribution in [0.3, 0.4) is 0 Å². The summed E-state index contributed by atoms with van der Waals surface area (Å²) >= 11 is 5.85. The summed E-state index contributed by atoms with van der Waals surface area (Å²) < 4.78 is 27.6. The molecular formula is C11H23ClN2O2S. The van der Waals surface area contributed by atoms with Crippen LogP contribution in [0.25, 0.3) is 0 Å². The number of rotatable bonds is 5. The van der Waals surface area contributed by atoms with Crippen LogP contribution in [0.2, 0.25) is 0 Å². The minimum atomic E-state index is -3.27. The summed E-state index contributed by atoms with van der Waals surface area (Å²) in [6.45, 7) is 3.68. The fourth-order valence-corrected chi connectivity index (χ4v) is 3.49. The summed E-state index contributed by atoms with van der Waals surface area (Å²) in [5, 5.41) is 0.0109. The van der Waals surface area contributed by atoms with Crippen LogP contribution in [0.4, 0.5) is 0 Å². The first-order valence-corrected chi connectivity index (χ1v) is 8.13. The maximum absolute atomic E-state index is 12.3. The van der Waals surface area contributed by atoms with Gasteiger partial charge in [0.25, 0.3) is 10.2 Å². The molecule has 0 saturated carbocycles. The van der Waals surface area contributed by atoms with E-state index in [2.05, 4.69) is 0 Å². The number of alkyl halides is 1. The molecule has 1 aliphatic heterocycles. The molecule has 6 heteroatoms. The van der Waals surface area contributed by atoms with Gasteiger partial charge >= 0.3 is 0 Å². The van der Waals surface area contributed by atoms with E-state index < -0.39 is 10.2 Å². The van der Waals surface area contributed by atoms with Crippen LogP contribution < -0.4 is 0 Å². The Bertz CT molecular complexity index is 311. The van der Waals surface area contributed by atoms with Crippen molar-refractivity contribution in [2.75, 3.05) is 26.7 Å². The van der Waals surface area contributed by atoms with Crippen LogP contribution in [-0.4, -0.2) is 49.1 Å². The molecule has 4 nitrogen and oxygen atoms in total. The lowest BCUT2D eigenvalue weighted by Crippen LogP contribution is -2.43. The van der Waals surface area contributed by atoms with Crippen molar-refractivity contribution in [1.29, 1.82) is 0 Å². The molecule has 0 aromatic rings. The van der Waals surface area contributed by atoms with E-state index in [-0.39, 0.29) is 5.38 Å². The van der Waals surface area contributed by atoms with Crippen LogP contribution in [0, 0.1) is 0 Å². The largest absolute Gasteiger partial charge is 0.281 e. The summed E-state index contributed by atoms with van der Waals surface area (Å²) in [6.07, 6.45) is 4.89. The number of halogens is 1. The van der Waals surface area contributed by atoms with E-state index >= 15 is 0 Å². The smallest absolute Gasteiger partial charge is 0.195 e. The number of hydrogen-bond donors (Lipinski definition) is 0. The Balaban J connectivity index is 2.58. The molecule has 0 amide bonds. The van der Waals surface area contributed by atoms with Crippen molar-refractivity contribution >= 4 is 21.8 Å². The Morgan fingerprint density at radius 3 is 2.24 bits per heavy atom. The molecule has 1 saturated heterocycles. The maximum Gasteiger partial charge on any atom is 0.281 e. The Labute approximate surface area is 110 Å². The molecule has 0 aliphatic carbocycles. The Morgan fingerprint density at radius 1 is 1.24 bits per heavy atom. The summed E-state index contributed by atoms with van der Waals surface area (Å²) in [6, 6.07) is 0. The van der Waals surface area contributed by atoms with Crippen molar-refractivity contribution in [2.24, 2.45) is 0 Å². The molecule has 0 aromatic heterocycles. The molecule has 17 heavy (non-hydrogen) atoms. The van der Waals surface area contributed by atoms with Gasteiger partial charge in [0.05, 0.1) is 0 Å². The number of nitrogens with zero attached hydrogens (tertiary/aromatic N) is 2. The van der Waals surface area contributed by atoms with Crippen LogP contribution >= 0.6 is 11.6 Å². The van der Waals surface area contributed by atoms with Crippen LogP contribution in [0.5, 0.6) is 0 Å². The number of hydrogen-bond acceptors (Lipinski definition) is 2. The lowest BCUT2D eigenvalue weighted by atomic mass is 10.2. The molecular weight excluding hydrogens is 260 g/mol. The van der Waals surface area contributed by atoms with Gasteiger partial charge in [-0.2, -0.15) is 17.0 Å². The summed E-state index contributed by atoms with van der Waals surface area (Å²) in [4.78, 5) is 0. The van der Waals surface area contributed by atoms with Crippen molar-refractivity contribution in [1.82, 2.24) is 8.61 Å². The van der Waals surface area contributed by atoms with Crippen molar-refractivity contribution < 1.29 is 8.42 Å². The van der Waals surface area contributed by atoms with Gasteiger partial charge in [0.2, 0.25) is 0 Å². The predicted octanol–water partition coefficient (Wildman–Crippen LogP) is 2.06. The summed E-state index contributed by atoms with van der Waals surface area (Å²) in [5.41, 5.74) is 0. The van der Waals surface area contributed by atoms with E-state index in [1.165, 1.54) is 4.31 Å². The average Bonchev–Trinajstić information content (AvgIpc) is 2.54. The van der Waals surface area contributed by atoms with Crippen molar-refractivity contribution in [3.8, 4) is 0 Å². The van der Waals surface area contributed by atoms with E-state index in [0.717, 1.165) is 25.7 Å². The zero-order valence-corrected chi connectivity index (χ0v) is 12.3. The molecule has 1 aliphatic rings. The molecule has 1 atom stereocenters. The lowest BCUT2D eigenvalue weighted by molar-refractivity contribution is 0.363. The normalized spacial score (nSPS) is 21.4. The van der Waals surface area contributed by atoms with Gasteiger partial charge in [-0.05, 0) is 26.2 Å². The minimum absolute atomic E-state index is 0.0109. The van der Waals surface area contributed by atoms with Crippen molar-refractivity contribution in [3.05, 3.63) is 0 Å². The molecule has 0 N–H and O–H groups in total. The predicted molar refractivity (Wildman–Crippen MR) is 71.5 cm³/mol. The molecule has 1 heterocycles. The summed E-state index contributed by atoms with van der Waals surface area (Å²) in [7, 11) is -1.63. The zero-order chi connectivity index (χ0) is 12.9. The Kier molecular flexibility index (Phi) is 6.20. The molecule has 0 radical (unpaired) electrons.